The number of hydrogen-bond donors (Lipinski definition) is 3. The van der Waals surface area contributed by atoms with E-state index in [0.717, 1.165) is 11.3 Å². The molecule has 2 aliphatic heterocycles. The lowest BCUT2D eigenvalue weighted by Crippen LogP contribution is -2.44. The number of guanidine groups is 1. The van der Waals surface area contributed by atoms with Crippen molar-refractivity contribution >= 4 is 34.8 Å². The maximum Gasteiger partial charge on any atom is 0.203 e. The van der Waals surface area contributed by atoms with Crippen molar-refractivity contribution in [2.75, 3.05) is 5.32 Å². The summed E-state index contributed by atoms with van der Waals surface area (Å²) in [5.41, 5.74) is 1.57. The second kappa shape index (κ2) is 3.74. The van der Waals surface area contributed by atoms with Crippen molar-refractivity contribution in [1.82, 2.24) is 4.90 Å². The number of aliphatic hydroxyl groups is 2. The SMILES string of the molecule is OC1N=C2Nc3ccc(Cl)c(Cl)c3CN2C1O. The topological polar surface area (TPSA) is 68.1 Å². The molecule has 5 nitrogen and oxygen atoms in total. The Labute approximate surface area is 107 Å². The third-order valence-electron chi connectivity index (χ3n) is 2.88. The zero-order chi connectivity index (χ0) is 12.2. The number of nitrogens with one attached hydrogen (secondary N) is 1. The fourth-order valence-corrected chi connectivity index (χ4v) is 2.38. The molecule has 0 aromatic heterocycles. The number of anilines is 1. The quantitative estimate of drug-likeness (QED) is 0.665. The fraction of sp³-hybridized carbons (Fsp3) is 0.300. The van der Waals surface area contributed by atoms with E-state index in [9.17, 15) is 10.2 Å². The zero-order valence-corrected chi connectivity index (χ0v) is 10.1. The summed E-state index contributed by atoms with van der Waals surface area (Å²) < 4.78 is 0. The summed E-state index contributed by atoms with van der Waals surface area (Å²) >= 11 is 12.0. The molecule has 0 aliphatic carbocycles. The predicted octanol–water partition coefficient (Wildman–Crippen LogP) is 1.23. The third kappa shape index (κ3) is 1.58. The molecule has 0 amide bonds. The van der Waals surface area contributed by atoms with Gasteiger partial charge in [-0.15, -0.1) is 0 Å². The summed E-state index contributed by atoms with van der Waals surface area (Å²) in [5, 5.41) is 23.1. The summed E-state index contributed by atoms with van der Waals surface area (Å²) in [7, 11) is 0. The van der Waals surface area contributed by atoms with Gasteiger partial charge in [0.2, 0.25) is 5.96 Å². The highest BCUT2D eigenvalue weighted by Gasteiger charge is 2.37. The first-order valence-electron chi connectivity index (χ1n) is 5.02. The Bertz CT molecular complexity index is 521. The molecule has 2 heterocycles. The van der Waals surface area contributed by atoms with Crippen molar-refractivity contribution in [2.45, 2.75) is 19.0 Å². The first-order valence-corrected chi connectivity index (χ1v) is 5.78. The maximum atomic E-state index is 9.72. The number of aliphatic hydroxyl groups excluding tert-OH is 2. The highest BCUT2D eigenvalue weighted by molar-refractivity contribution is 6.42. The van der Waals surface area contributed by atoms with E-state index in [1.165, 1.54) is 4.90 Å². The van der Waals surface area contributed by atoms with Crippen LogP contribution in [0.25, 0.3) is 0 Å². The molecule has 90 valence electrons. The minimum atomic E-state index is -1.14. The Morgan fingerprint density at radius 2 is 2.12 bits per heavy atom. The lowest BCUT2D eigenvalue weighted by molar-refractivity contribution is -0.0340. The van der Waals surface area contributed by atoms with Crippen LogP contribution < -0.4 is 5.32 Å². The number of fused-ring (bicyclic) bond motifs is 2. The molecular weight excluding hydrogens is 265 g/mol. The van der Waals surface area contributed by atoms with Crippen molar-refractivity contribution in [2.24, 2.45) is 4.99 Å². The lowest BCUT2D eigenvalue weighted by atomic mass is 10.1. The normalized spacial score (nSPS) is 26.1. The molecule has 0 saturated heterocycles. The summed E-state index contributed by atoms with van der Waals surface area (Å²) in [6, 6.07) is 3.48. The van der Waals surface area contributed by atoms with Gasteiger partial charge in [0.1, 0.15) is 0 Å². The minimum Gasteiger partial charge on any atom is -0.369 e. The number of halogens is 2. The third-order valence-corrected chi connectivity index (χ3v) is 3.73. The van der Waals surface area contributed by atoms with E-state index < -0.39 is 12.5 Å². The van der Waals surface area contributed by atoms with Crippen LogP contribution in [0.1, 0.15) is 5.56 Å². The predicted molar refractivity (Wildman–Crippen MR) is 65.1 cm³/mol. The van der Waals surface area contributed by atoms with E-state index >= 15 is 0 Å². The molecule has 0 spiro atoms. The van der Waals surface area contributed by atoms with Gasteiger partial charge in [0.05, 0.1) is 16.6 Å². The lowest BCUT2D eigenvalue weighted by Gasteiger charge is -2.31. The Morgan fingerprint density at radius 1 is 1.35 bits per heavy atom. The van der Waals surface area contributed by atoms with Gasteiger partial charge in [0.25, 0.3) is 0 Å². The molecule has 17 heavy (non-hydrogen) atoms. The smallest absolute Gasteiger partial charge is 0.203 e. The Hall–Kier alpha value is -1.01. The van der Waals surface area contributed by atoms with Crippen molar-refractivity contribution in [3.8, 4) is 0 Å². The minimum absolute atomic E-state index is 0.360. The van der Waals surface area contributed by atoms with Crippen LogP contribution in [0.3, 0.4) is 0 Å². The van der Waals surface area contributed by atoms with E-state index in [1.807, 2.05) is 0 Å². The molecule has 1 aromatic rings. The van der Waals surface area contributed by atoms with E-state index in [-0.39, 0.29) is 0 Å². The van der Waals surface area contributed by atoms with Crippen LogP contribution in [0, 0.1) is 0 Å². The molecule has 0 radical (unpaired) electrons. The number of hydrogen-bond acceptors (Lipinski definition) is 5. The summed E-state index contributed by atoms with van der Waals surface area (Å²) in [4.78, 5) is 5.44. The van der Waals surface area contributed by atoms with Gasteiger partial charge < -0.3 is 20.4 Å². The first-order chi connectivity index (χ1) is 8.08. The van der Waals surface area contributed by atoms with E-state index in [1.54, 1.807) is 12.1 Å². The number of benzene rings is 1. The molecule has 0 bridgehead atoms. The standard InChI is InChI=1S/C10H9Cl2N3O2/c11-5-1-2-6-4(7(5)12)3-15-9(17)8(16)14-10(15)13-6/h1-2,8-9,16-17H,3H2,(H,13,14). The Kier molecular flexibility index (Phi) is 2.45. The molecule has 1 aromatic carbocycles. The van der Waals surface area contributed by atoms with Crippen LogP contribution >= 0.6 is 23.2 Å². The van der Waals surface area contributed by atoms with Crippen LogP contribution in [0.5, 0.6) is 0 Å². The van der Waals surface area contributed by atoms with Gasteiger partial charge in [-0.3, -0.25) is 0 Å². The second-order valence-corrected chi connectivity index (χ2v) is 4.71. The van der Waals surface area contributed by atoms with Crippen molar-refractivity contribution < 1.29 is 10.2 Å². The number of rotatable bonds is 0. The van der Waals surface area contributed by atoms with Crippen LogP contribution in [-0.4, -0.2) is 33.5 Å². The van der Waals surface area contributed by atoms with Crippen molar-refractivity contribution in [1.29, 1.82) is 0 Å². The van der Waals surface area contributed by atoms with Gasteiger partial charge in [-0.2, -0.15) is 0 Å². The van der Waals surface area contributed by atoms with Crippen LogP contribution in [0.15, 0.2) is 17.1 Å². The molecular formula is C10H9Cl2N3O2. The van der Waals surface area contributed by atoms with Gasteiger partial charge in [0, 0.05) is 11.3 Å². The highest BCUT2D eigenvalue weighted by atomic mass is 35.5. The molecule has 7 heteroatoms. The van der Waals surface area contributed by atoms with Gasteiger partial charge in [0.15, 0.2) is 12.5 Å². The highest BCUT2D eigenvalue weighted by Crippen LogP contribution is 2.36. The second-order valence-electron chi connectivity index (χ2n) is 3.92. The van der Waals surface area contributed by atoms with E-state index in [2.05, 4.69) is 10.3 Å². The number of aliphatic imine (C=N–C) groups is 1. The molecule has 0 saturated carbocycles. The Balaban J connectivity index is 2.05. The first kappa shape index (κ1) is 11.1. The van der Waals surface area contributed by atoms with Crippen molar-refractivity contribution in [3.63, 3.8) is 0 Å². The van der Waals surface area contributed by atoms with Crippen LogP contribution in [0.2, 0.25) is 10.0 Å². The monoisotopic (exact) mass is 273 g/mol. The fourth-order valence-electron chi connectivity index (χ4n) is 1.98. The van der Waals surface area contributed by atoms with Crippen molar-refractivity contribution in [3.05, 3.63) is 27.7 Å². The van der Waals surface area contributed by atoms with Gasteiger partial charge in [-0.1, -0.05) is 23.2 Å². The summed E-state index contributed by atoms with van der Waals surface area (Å²) in [6.45, 7) is 0.360. The van der Waals surface area contributed by atoms with Crippen LogP contribution in [-0.2, 0) is 6.54 Å². The molecule has 2 atom stereocenters. The van der Waals surface area contributed by atoms with Gasteiger partial charge in [-0.05, 0) is 12.1 Å². The van der Waals surface area contributed by atoms with E-state index in [4.69, 9.17) is 23.2 Å². The average molecular weight is 274 g/mol. The molecule has 3 rings (SSSR count). The van der Waals surface area contributed by atoms with Gasteiger partial charge >= 0.3 is 0 Å². The van der Waals surface area contributed by atoms with E-state index in [0.29, 0.717) is 22.5 Å². The van der Waals surface area contributed by atoms with Crippen LogP contribution in [0.4, 0.5) is 5.69 Å². The molecule has 2 aliphatic rings. The maximum absolute atomic E-state index is 9.72. The number of nitrogens with zero attached hydrogens (tertiary/aromatic N) is 2. The largest absolute Gasteiger partial charge is 0.369 e. The Morgan fingerprint density at radius 3 is 2.88 bits per heavy atom. The van der Waals surface area contributed by atoms with Gasteiger partial charge in [-0.25, -0.2) is 4.99 Å². The summed E-state index contributed by atoms with van der Waals surface area (Å²) in [5.74, 6) is 0.441. The summed E-state index contributed by atoms with van der Waals surface area (Å²) in [6.07, 6.45) is -2.19. The molecule has 3 N–H and O–H groups in total. The molecule has 0 fully saturated rings. The molecule has 2 unspecified atom stereocenters. The average Bonchev–Trinajstić information content (AvgIpc) is 2.58. The zero-order valence-electron chi connectivity index (χ0n) is 8.56.